The molecule has 2 aliphatic heterocycles. The summed E-state index contributed by atoms with van der Waals surface area (Å²) in [6.45, 7) is 6.54. The number of likely N-dealkylation sites (N-methyl/N-ethyl adjacent to an activating group) is 1. The molecule has 4 rings (SSSR count). The fourth-order valence-corrected chi connectivity index (χ4v) is 6.00. The van der Waals surface area contributed by atoms with Crippen molar-refractivity contribution in [2.75, 3.05) is 25.6 Å². The molecule has 1 unspecified atom stereocenters. The monoisotopic (exact) mass is 561 g/mol. The molecule has 214 valence electrons. The van der Waals surface area contributed by atoms with E-state index in [1.54, 1.807) is 6.07 Å². The molecule has 0 saturated carbocycles. The molecule has 0 aliphatic carbocycles. The van der Waals surface area contributed by atoms with Crippen molar-refractivity contribution in [2.45, 2.75) is 57.0 Å². The number of allylic oxidation sites excluding steroid dienone is 6. The van der Waals surface area contributed by atoms with Gasteiger partial charge in [0.15, 0.2) is 5.71 Å². The molecule has 41 heavy (non-hydrogen) atoms. The van der Waals surface area contributed by atoms with Crippen molar-refractivity contribution >= 4 is 23.1 Å². The first-order valence-corrected chi connectivity index (χ1v) is 13.6. The Labute approximate surface area is 240 Å². The number of terminal acetylenes is 1. The molecule has 0 radical (unpaired) electrons. The van der Waals surface area contributed by atoms with E-state index < -0.39 is 22.6 Å². The zero-order valence-electron chi connectivity index (χ0n) is 24.2. The van der Waals surface area contributed by atoms with Gasteiger partial charge in [-0.25, -0.2) is 0 Å². The average molecular weight is 562 g/mol. The quantitative estimate of drug-likeness (QED) is 0.110. The van der Waals surface area contributed by atoms with Gasteiger partial charge in [-0.2, -0.15) is 17.7 Å². The van der Waals surface area contributed by atoms with Gasteiger partial charge in [0, 0.05) is 54.4 Å². The minimum absolute atomic E-state index is 0.206. The van der Waals surface area contributed by atoms with Gasteiger partial charge in [0.25, 0.3) is 0 Å². The number of hydrogen-bond donors (Lipinski definition) is 0. The minimum atomic E-state index is -4.41. The molecular formula is C34H36F3N2O2+. The normalized spacial score (nSPS) is 20.7. The summed E-state index contributed by atoms with van der Waals surface area (Å²) >= 11 is 0. The van der Waals surface area contributed by atoms with Gasteiger partial charge >= 0.3 is 12.1 Å². The van der Waals surface area contributed by atoms with Gasteiger partial charge in [-0.05, 0) is 50.6 Å². The Balaban J connectivity index is 1.66. The van der Waals surface area contributed by atoms with Crippen LogP contribution in [0.1, 0.15) is 56.7 Å². The van der Waals surface area contributed by atoms with Crippen LogP contribution in [0.3, 0.4) is 0 Å². The largest absolute Gasteiger partial charge is 0.469 e. The number of para-hydroxylation sites is 1. The van der Waals surface area contributed by atoms with Crippen LogP contribution in [0.4, 0.5) is 24.5 Å². The van der Waals surface area contributed by atoms with Gasteiger partial charge in [-0.3, -0.25) is 4.79 Å². The highest BCUT2D eigenvalue weighted by atomic mass is 19.4. The molecule has 1 atom stereocenters. The third-order valence-corrected chi connectivity index (χ3v) is 8.16. The summed E-state index contributed by atoms with van der Waals surface area (Å²) in [6, 6.07) is 12.0. The summed E-state index contributed by atoms with van der Waals surface area (Å²) in [5.41, 5.74) is 3.54. The van der Waals surface area contributed by atoms with Gasteiger partial charge in [0.2, 0.25) is 5.69 Å². The summed E-state index contributed by atoms with van der Waals surface area (Å²) in [6.07, 6.45) is 12.2. The van der Waals surface area contributed by atoms with E-state index in [1.165, 1.54) is 13.2 Å². The standard InChI is InChI=1S/C34H36F3N2O2/c1-7-8-14-21-39-28-20-19-24(34(35,36)37)22-26(28)32(2,3)29(39)17-10-9-11-18-30-33(4,23-31(40)41-6)25-15-12-13-16-27(25)38(30)5/h1,9-13,15-20,22H,8,14,21,23H2,2-6H3/q+1. The van der Waals surface area contributed by atoms with E-state index in [4.69, 9.17) is 11.2 Å². The van der Waals surface area contributed by atoms with E-state index in [9.17, 15) is 18.0 Å². The SMILES string of the molecule is C#CCCC[N+]1=C(/C=C/C=C/C=C2/N(C)c3ccccc3C2(C)CC(=O)OC)C(C)(C)c2cc(C(F)(F)F)ccc21. The number of unbranched alkanes of at least 4 members (excludes halogenated alkanes) is 1. The second-order valence-electron chi connectivity index (χ2n) is 11.2. The molecule has 0 spiro atoms. The second-order valence-corrected chi connectivity index (χ2v) is 11.2. The van der Waals surface area contributed by atoms with Crippen LogP contribution in [0.15, 0.2) is 78.5 Å². The number of hydrogen-bond acceptors (Lipinski definition) is 3. The molecule has 2 heterocycles. The van der Waals surface area contributed by atoms with Crippen molar-refractivity contribution in [1.29, 1.82) is 0 Å². The van der Waals surface area contributed by atoms with Crippen molar-refractivity contribution in [3.63, 3.8) is 0 Å². The fourth-order valence-electron chi connectivity index (χ4n) is 6.00. The lowest BCUT2D eigenvalue weighted by Gasteiger charge is -2.27. The number of carbonyl (C=O) groups is 1. The number of methoxy groups -OCH3 is 1. The molecule has 2 aromatic carbocycles. The molecule has 0 N–H and O–H groups in total. The van der Waals surface area contributed by atoms with Crippen LogP contribution in [0.25, 0.3) is 0 Å². The topological polar surface area (TPSA) is 32.5 Å². The van der Waals surface area contributed by atoms with Crippen LogP contribution in [0, 0.1) is 12.3 Å². The number of fused-ring (bicyclic) bond motifs is 2. The Morgan fingerprint density at radius 2 is 1.83 bits per heavy atom. The summed E-state index contributed by atoms with van der Waals surface area (Å²) in [5.74, 6) is 2.36. The van der Waals surface area contributed by atoms with Crippen LogP contribution in [0.2, 0.25) is 0 Å². The summed E-state index contributed by atoms with van der Waals surface area (Å²) in [4.78, 5) is 14.4. The lowest BCUT2D eigenvalue weighted by Crippen LogP contribution is -2.29. The Bertz CT molecular complexity index is 1500. The van der Waals surface area contributed by atoms with Gasteiger partial charge < -0.3 is 9.64 Å². The molecule has 0 amide bonds. The molecule has 0 aromatic heterocycles. The second kappa shape index (κ2) is 11.4. The van der Waals surface area contributed by atoms with Gasteiger partial charge in [-0.1, -0.05) is 36.4 Å². The van der Waals surface area contributed by atoms with Crippen LogP contribution in [0.5, 0.6) is 0 Å². The first kappa shape index (κ1) is 29.9. The van der Waals surface area contributed by atoms with E-state index in [2.05, 4.69) is 15.4 Å². The Kier molecular flexibility index (Phi) is 8.35. The maximum atomic E-state index is 13.5. The predicted molar refractivity (Wildman–Crippen MR) is 158 cm³/mol. The molecule has 7 heteroatoms. The number of esters is 1. The third-order valence-electron chi connectivity index (χ3n) is 8.16. The highest BCUT2D eigenvalue weighted by Gasteiger charge is 2.46. The average Bonchev–Trinajstić information content (AvgIpc) is 3.27. The lowest BCUT2D eigenvalue weighted by molar-refractivity contribution is -0.438. The summed E-state index contributed by atoms with van der Waals surface area (Å²) in [5, 5.41) is 0. The number of rotatable bonds is 8. The number of anilines is 1. The maximum Gasteiger partial charge on any atom is 0.416 e. The Morgan fingerprint density at radius 1 is 1.10 bits per heavy atom. The lowest BCUT2D eigenvalue weighted by atomic mass is 9.78. The summed E-state index contributed by atoms with van der Waals surface area (Å²) in [7, 11) is 3.37. The number of alkyl halides is 3. The molecule has 2 aliphatic rings. The fraction of sp³-hybridized carbons (Fsp3) is 0.353. The number of benzene rings is 2. The van der Waals surface area contributed by atoms with Crippen LogP contribution < -0.4 is 4.90 Å². The molecular weight excluding hydrogens is 525 g/mol. The Hall–Kier alpha value is -4.05. The third kappa shape index (κ3) is 5.61. The zero-order chi connectivity index (χ0) is 30.0. The smallest absolute Gasteiger partial charge is 0.416 e. The van der Waals surface area contributed by atoms with Crippen LogP contribution in [-0.2, 0) is 26.5 Å². The van der Waals surface area contributed by atoms with Gasteiger partial charge in [0.1, 0.15) is 6.54 Å². The highest BCUT2D eigenvalue weighted by molar-refractivity contribution is 6.03. The van der Waals surface area contributed by atoms with Crippen molar-refractivity contribution in [1.82, 2.24) is 0 Å². The van der Waals surface area contributed by atoms with E-state index >= 15 is 0 Å². The molecule has 0 bridgehead atoms. The van der Waals surface area contributed by atoms with Crippen molar-refractivity contribution in [2.24, 2.45) is 0 Å². The van der Waals surface area contributed by atoms with E-state index in [0.717, 1.165) is 40.8 Å². The molecule has 0 fully saturated rings. The molecule has 4 nitrogen and oxygen atoms in total. The number of ether oxygens (including phenoxy) is 1. The van der Waals surface area contributed by atoms with E-state index in [0.29, 0.717) is 18.5 Å². The first-order valence-electron chi connectivity index (χ1n) is 13.6. The minimum Gasteiger partial charge on any atom is -0.469 e. The maximum absolute atomic E-state index is 13.5. The molecule has 2 aromatic rings. The molecule has 0 saturated heterocycles. The van der Waals surface area contributed by atoms with Crippen LogP contribution in [-0.4, -0.2) is 37.0 Å². The van der Waals surface area contributed by atoms with Crippen molar-refractivity contribution in [3.8, 4) is 12.3 Å². The van der Waals surface area contributed by atoms with Crippen molar-refractivity contribution < 1.29 is 27.3 Å². The highest BCUT2D eigenvalue weighted by Crippen LogP contribution is 2.49. The Morgan fingerprint density at radius 3 is 2.51 bits per heavy atom. The first-order chi connectivity index (χ1) is 19.4. The predicted octanol–water partition coefficient (Wildman–Crippen LogP) is 7.46. The number of halogens is 3. The summed E-state index contributed by atoms with van der Waals surface area (Å²) < 4.78 is 47.6. The van der Waals surface area contributed by atoms with Crippen LogP contribution >= 0.6 is 0 Å². The zero-order valence-corrected chi connectivity index (χ0v) is 24.2. The number of nitrogens with zero attached hydrogens (tertiary/aromatic N) is 2. The van der Waals surface area contributed by atoms with E-state index in [1.807, 2.05) is 82.5 Å². The van der Waals surface area contributed by atoms with Gasteiger partial charge in [-0.15, -0.1) is 12.3 Å². The number of carbonyl (C=O) groups excluding carboxylic acids is 1. The van der Waals surface area contributed by atoms with E-state index in [-0.39, 0.29) is 12.4 Å². The van der Waals surface area contributed by atoms with Crippen molar-refractivity contribution in [3.05, 3.63) is 95.2 Å². The van der Waals surface area contributed by atoms with Gasteiger partial charge in [0.05, 0.1) is 24.5 Å².